The molecule has 1 saturated heterocycles. The molecule has 1 amide bonds. The fraction of sp³-hybridized carbons (Fsp3) is 0.467. The van der Waals surface area contributed by atoms with Crippen LogP contribution in [0.15, 0.2) is 24.3 Å². The van der Waals surface area contributed by atoms with Crippen LogP contribution in [0.25, 0.3) is 0 Å². The van der Waals surface area contributed by atoms with Gasteiger partial charge in [0.25, 0.3) is 0 Å². The first-order valence-corrected chi connectivity index (χ1v) is 7.23. The lowest BCUT2D eigenvalue weighted by Gasteiger charge is -2.34. The van der Waals surface area contributed by atoms with Gasteiger partial charge in [-0.2, -0.15) is 0 Å². The minimum atomic E-state index is -0.919. The van der Waals surface area contributed by atoms with E-state index in [9.17, 15) is 9.59 Å². The maximum Gasteiger partial charge on any atom is 0.306 e. The Hall–Kier alpha value is -1.59. The number of rotatable bonds is 4. The SMILES string of the molecule is CC(C(=O)N1CCOC(CC(=O)O)C1)c1cccc(Cl)c1. The zero-order valence-electron chi connectivity index (χ0n) is 11.8. The summed E-state index contributed by atoms with van der Waals surface area (Å²) in [5, 5.41) is 9.41. The van der Waals surface area contributed by atoms with Crippen molar-refractivity contribution in [2.24, 2.45) is 0 Å². The molecule has 2 atom stereocenters. The summed E-state index contributed by atoms with van der Waals surface area (Å²) in [6, 6.07) is 7.22. The molecule has 5 nitrogen and oxygen atoms in total. The number of carboxylic acid groups (broad SMARTS) is 1. The van der Waals surface area contributed by atoms with Crippen LogP contribution in [0.2, 0.25) is 5.02 Å². The molecule has 0 saturated carbocycles. The maximum absolute atomic E-state index is 12.5. The minimum Gasteiger partial charge on any atom is -0.481 e. The third kappa shape index (κ3) is 4.19. The van der Waals surface area contributed by atoms with E-state index in [1.165, 1.54) is 0 Å². The number of hydrogen-bond donors (Lipinski definition) is 1. The van der Waals surface area contributed by atoms with Gasteiger partial charge >= 0.3 is 5.97 Å². The molecule has 2 rings (SSSR count). The summed E-state index contributed by atoms with van der Waals surface area (Å²) in [7, 11) is 0. The van der Waals surface area contributed by atoms with Gasteiger partial charge in [-0.1, -0.05) is 23.7 Å². The first kappa shape index (κ1) is 15.8. The number of morpholine rings is 1. The molecular formula is C15H18ClNO4. The van der Waals surface area contributed by atoms with E-state index in [2.05, 4.69) is 0 Å². The van der Waals surface area contributed by atoms with Crippen LogP contribution in [0.4, 0.5) is 0 Å². The van der Waals surface area contributed by atoms with Crippen LogP contribution in [0.3, 0.4) is 0 Å². The monoisotopic (exact) mass is 311 g/mol. The molecule has 1 heterocycles. The molecule has 6 heteroatoms. The van der Waals surface area contributed by atoms with Crippen LogP contribution in [0, 0.1) is 0 Å². The summed E-state index contributed by atoms with van der Waals surface area (Å²) in [6.07, 6.45) is -0.526. The lowest BCUT2D eigenvalue weighted by Crippen LogP contribution is -2.47. The second kappa shape index (κ2) is 6.91. The highest BCUT2D eigenvalue weighted by Gasteiger charge is 2.29. The minimum absolute atomic E-state index is 0.0315. The van der Waals surface area contributed by atoms with Gasteiger partial charge in [0.15, 0.2) is 0 Å². The summed E-state index contributed by atoms with van der Waals surface area (Å²) < 4.78 is 5.38. The standard InChI is InChI=1S/C15H18ClNO4/c1-10(11-3-2-4-12(16)7-11)15(20)17-5-6-21-13(9-17)8-14(18)19/h2-4,7,10,13H,5-6,8-9H2,1H3,(H,18,19). The Labute approximate surface area is 128 Å². The van der Waals surface area contributed by atoms with E-state index in [1.54, 1.807) is 17.0 Å². The zero-order chi connectivity index (χ0) is 15.4. The van der Waals surface area contributed by atoms with Gasteiger partial charge in [0.2, 0.25) is 5.91 Å². The predicted octanol–water partition coefficient (Wildman–Crippen LogP) is 2.15. The molecule has 1 aromatic carbocycles. The number of hydrogen-bond acceptors (Lipinski definition) is 3. The topological polar surface area (TPSA) is 66.8 Å². The maximum atomic E-state index is 12.5. The van der Waals surface area contributed by atoms with Gasteiger partial charge in [-0.05, 0) is 24.6 Å². The van der Waals surface area contributed by atoms with E-state index in [-0.39, 0.29) is 18.2 Å². The molecule has 1 aliphatic rings. The summed E-state index contributed by atoms with van der Waals surface area (Å²) in [6.45, 7) is 3.00. The number of halogens is 1. The molecule has 0 radical (unpaired) electrons. The summed E-state index contributed by atoms with van der Waals surface area (Å²) >= 11 is 5.95. The van der Waals surface area contributed by atoms with Crippen molar-refractivity contribution >= 4 is 23.5 Å². The smallest absolute Gasteiger partial charge is 0.306 e. The van der Waals surface area contributed by atoms with E-state index in [1.807, 2.05) is 19.1 Å². The quantitative estimate of drug-likeness (QED) is 0.925. The molecule has 2 unspecified atom stereocenters. The van der Waals surface area contributed by atoms with Crippen molar-refractivity contribution < 1.29 is 19.4 Å². The number of carboxylic acids is 1. The number of nitrogens with zero attached hydrogens (tertiary/aromatic N) is 1. The second-order valence-corrected chi connectivity index (χ2v) is 5.59. The first-order valence-electron chi connectivity index (χ1n) is 6.85. The lowest BCUT2D eigenvalue weighted by atomic mass is 9.99. The van der Waals surface area contributed by atoms with Gasteiger partial charge in [0.05, 0.1) is 25.0 Å². The number of carbonyl (C=O) groups is 2. The van der Waals surface area contributed by atoms with Gasteiger partial charge in [-0.25, -0.2) is 0 Å². The van der Waals surface area contributed by atoms with E-state index >= 15 is 0 Å². The molecule has 0 spiro atoms. The lowest BCUT2D eigenvalue weighted by molar-refractivity contribution is -0.148. The van der Waals surface area contributed by atoms with Crippen LogP contribution in [0.5, 0.6) is 0 Å². The zero-order valence-corrected chi connectivity index (χ0v) is 12.5. The van der Waals surface area contributed by atoms with Crippen LogP contribution < -0.4 is 0 Å². The van der Waals surface area contributed by atoms with Crippen LogP contribution in [-0.4, -0.2) is 47.7 Å². The van der Waals surface area contributed by atoms with Crippen LogP contribution in [0.1, 0.15) is 24.8 Å². The van der Waals surface area contributed by atoms with Crippen molar-refractivity contribution in [3.05, 3.63) is 34.9 Å². The van der Waals surface area contributed by atoms with E-state index in [0.29, 0.717) is 24.7 Å². The molecule has 1 aromatic rings. The highest BCUT2D eigenvalue weighted by molar-refractivity contribution is 6.30. The van der Waals surface area contributed by atoms with Gasteiger partial charge < -0.3 is 14.7 Å². The Kier molecular flexibility index (Phi) is 5.20. The highest BCUT2D eigenvalue weighted by atomic mass is 35.5. The van der Waals surface area contributed by atoms with Crippen LogP contribution in [-0.2, 0) is 14.3 Å². The first-order chi connectivity index (χ1) is 9.97. The number of ether oxygens (including phenoxy) is 1. The second-order valence-electron chi connectivity index (χ2n) is 5.15. The molecule has 21 heavy (non-hydrogen) atoms. The predicted molar refractivity (Wildman–Crippen MR) is 78.4 cm³/mol. The van der Waals surface area contributed by atoms with E-state index in [0.717, 1.165) is 5.56 Å². The largest absolute Gasteiger partial charge is 0.481 e. The Morgan fingerprint density at radius 3 is 2.95 bits per heavy atom. The third-order valence-corrected chi connectivity index (χ3v) is 3.81. The average molecular weight is 312 g/mol. The van der Waals surface area contributed by atoms with Crippen molar-refractivity contribution in [3.63, 3.8) is 0 Å². The Balaban J connectivity index is 2.03. The van der Waals surface area contributed by atoms with E-state index < -0.39 is 12.1 Å². The average Bonchev–Trinajstić information content (AvgIpc) is 2.45. The van der Waals surface area contributed by atoms with Gasteiger partial charge in [-0.3, -0.25) is 9.59 Å². The normalized spacial score (nSPS) is 20.1. The fourth-order valence-electron chi connectivity index (χ4n) is 2.43. The van der Waals surface area contributed by atoms with Crippen molar-refractivity contribution in [1.29, 1.82) is 0 Å². The van der Waals surface area contributed by atoms with E-state index in [4.69, 9.17) is 21.4 Å². The molecule has 0 aromatic heterocycles. The van der Waals surface area contributed by atoms with Crippen molar-refractivity contribution in [3.8, 4) is 0 Å². The van der Waals surface area contributed by atoms with Crippen molar-refractivity contribution in [1.82, 2.24) is 4.90 Å². The fourth-order valence-corrected chi connectivity index (χ4v) is 2.63. The summed E-state index contributed by atoms with van der Waals surface area (Å²) in [5.74, 6) is -1.26. The Morgan fingerprint density at radius 2 is 2.29 bits per heavy atom. The molecule has 1 aliphatic heterocycles. The highest BCUT2D eigenvalue weighted by Crippen LogP contribution is 2.22. The summed E-state index contributed by atoms with van der Waals surface area (Å²) in [4.78, 5) is 24.9. The van der Waals surface area contributed by atoms with Crippen LogP contribution >= 0.6 is 11.6 Å². The van der Waals surface area contributed by atoms with Crippen molar-refractivity contribution in [2.75, 3.05) is 19.7 Å². The molecular weight excluding hydrogens is 294 g/mol. The van der Waals surface area contributed by atoms with Gasteiger partial charge in [-0.15, -0.1) is 0 Å². The number of carbonyl (C=O) groups excluding carboxylic acids is 1. The molecule has 114 valence electrons. The molecule has 1 N–H and O–H groups in total. The third-order valence-electron chi connectivity index (χ3n) is 3.57. The van der Waals surface area contributed by atoms with Gasteiger partial charge in [0, 0.05) is 18.1 Å². The molecule has 0 aliphatic carbocycles. The van der Waals surface area contributed by atoms with Crippen molar-refractivity contribution in [2.45, 2.75) is 25.4 Å². The molecule has 0 bridgehead atoms. The van der Waals surface area contributed by atoms with Gasteiger partial charge in [0.1, 0.15) is 0 Å². The number of amides is 1. The Bertz CT molecular complexity index is 534. The number of benzene rings is 1. The Morgan fingerprint density at radius 1 is 1.52 bits per heavy atom. The number of aliphatic carboxylic acids is 1. The molecule has 1 fully saturated rings. The summed E-state index contributed by atoms with van der Waals surface area (Å²) in [5.41, 5.74) is 0.855.